The zero-order valence-corrected chi connectivity index (χ0v) is 18.2. The van der Waals surface area contributed by atoms with Crippen LogP contribution in [0.15, 0.2) is 60.7 Å². The van der Waals surface area contributed by atoms with Crippen LogP contribution in [0.5, 0.6) is 0 Å². The van der Waals surface area contributed by atoms with Gasteiger partial charge in [-0.2, -0.15) is 0 Å². The van der Waals surface area contributed by atoms with E-state index < -0.39 is 14.4 Å². The molecule has 0 radical (unpaired) electrons. The van der Waals surface area contributed by atoms with Crippen LogP contribution in [0.2, 0.25) is 5.04 Å². The van der Waals surface area contributed by atoms with Gasteiger partial charge in [-0.1, -0.05) is 81.4 Å². The molecule has 0 bridgehead atoms. The summed E-state index contributed by atoms with van der Waals surface area (Å²) in [7, 11) is -1.17. The third kappa shape index (κ3) is 4.07. The number of rotatable bonds is 6. The Kier molecular flexibility index (Phi) is 6.38. The van der Waals surface area contributed by atoms with E-state index in [1.807, 2.05) is 12.1 Å². The molecule has 1 saturated heterocycles. The average molecular weight is 399 g/mol. The van der Waals surface area contributed by atoms with Gasteiger partial charge < -0.3 is 13.9 Å². The Labute approximate surface area is 169 Å². The maximum atomic E-state index is 11.8. The molecule has 3 rings (SSSR count). The highest BCUT2D eigenvalue weighted by Gasteiger charge is 2.50. The van der Waals surface area contributed by atoms with E-state index in [9.17, 15) is 4.79 Å². The lowest BCUT2D eigenvalue weighted by molar-refractivity contribution is -0.153. The van der Waals surface area contributed by atoms with E-state index in [1.165, 1.54) is 17.5 Å². The number of carbonyl (C=O) groups excluding carboxylic acids is 1. The zero-order chi connectivity index (χ0) is 20.2. The Morgan fingerprint density at radius 1 is 1.00 bits per heavy atom. The van der Waals surface area contributed by atoms with Gasteiger partial charge in [0.05, 0.1) is 19.8 Å². The van der Waals surface area contributed by atoms with Crippen molar-refractivity contribution < 1.29 is 18.7 Å². The third-order valence-corrected chi connectivity index (χ3v) is 10.5. The first-order valence-electron chi connectivity index (χ1n) is 9.87. The molecule has 150 valence electrons. The van der Waals surface area contributed by atoms with Crippen molar-refractivity contribution in [2.24, 2.45) is 0 Å². The number of hydrogen-bond acceptors (Lipinski definition) is 4. The number of esters is 1. The maximum absolute atomic E-state index is 11.8. The largest absolute Gasteiger partial charge is 0.467 e. The lowest BCUT2D eigenvalue weighted by Gasteiger charge is -2.43. The molecule has 0 spiro atoms. The fraction of sp³-hybridized carbons (Fsp3) is 0.435. The summed E-state index contributed by atoms with van der Waals surface area (Å²) in [6.45, 7) is 7.24. The fourth-order valence-corrected chi connectivity index (χ4v) is 8.70. The van der Waals surface area contributed by atoms with E-state index >= 15 is 0 Å². The molecule has 0 aliphatic carbocycles. The fourth-order valence-electron chi connectivity index (χ4n) is 4.11. The lowest BCUT2D eigenvalue weighted by Crippen LogP contribution is -2.67. The zero-order valence-electron chi connectivity index (χ0n) is 17.2. The molecule has 1 aliphatic heterocycles. The second-order valence-corrected chi connectivity index (χ2v) is 12.6. The van der Waals surface area contributed by atoms with Gasteiger partial charge in [-0.05, 0) is 28.3 Å². The summed E-state index contributed by atoms with van der Waals surface area (Å²) in [5.41, 5.74) is 0. The molecule has 2 aromatic carbocycles. The Bertz CT molecular complexity index is 731. The second kappa shape index (κ2) is 8.60. The molecule has 0 amide bonds. The summed E-state index contributed by atoms with van der Waals surface area (Å²) in [4.78, 5) is 11.8. The van der Waals surface area contributed by atoms with Gasteiger partial charge in [-0.25, -0.2) is 4.79 Å². The molecule has 0 aromatic heterocycles. The molecular formula is C23H30O4Si. The van der Waals surface area contributed by atoms with Crippen LogP contribution in [0.1, 0.15) is 33.6 Å². The molecule has 1 heterocycles. The van der Waals surface area contributed by atoms with Crippen molar-refractivity contribution in [3.63, 3.8) is 0 Å². The molecule has 5 heteroatoms. The second-order valence-electron chi connectivity index (χ2n) is 8.32. The standard InChI is InChI=1S/C23H30O4Si/c1-23(2,3)28(19-11-7-5-8-12-19,20-13-9-6-10-14-20)26-17-18-15-16-21(27-18)22(24)25-4/h5-14,18,21H,15-17H2,1-4H3. The van der Waals surface area contributed by atoms with Gasteiger partial charge in [0.15, 0.2) is 6.10 Å². The van der Waals surface area contributed by atoms with E-state index in [0.717, 1.165) is 6.42 Å². The van der Waals surface area contributed by atoms with E-state index in [1.54, 1.807) is 0 Å². The van der Waals surface area contributed by atoms with Gasteiger partial charge in [0.25, 0.3) is 8.32 Å². The van der Waals surface area contributed by atoms with Crippen LogP contribution in [-0.2, 0) is 18.7 Å². The van der Waals surface area contributed by atoms with E-state index in [2.05, 4.69) is 69.3 Å². The minimum Gasteiger partial charge on any atom is -0.467 e. The van der Waals surface area contributed by atoms with Gasteiger partial charge in [0.1, 0.15) is 0 Å². The minimum atomic E-state index is -2.57. The monoisotopic (exact) mass is 398 g/mol. The SMILES string of the molecule is COC(=O)C1CCC(CO[Si](c2ccccc2)(c2ccccc2)C(C)(C)C)O1. The Morgan fingerprint density at radius 3 is 2.00 bits per heavy atom. The van der Waals surface area contributed by atoms with Gasteiger partial charge >= 0.3 is 5.97 Å². The summed E-state index contributed by atoms with van der Waals surface area (Å²) in [5, 5.41) is 2.42. The molecular weight excluding hydrogens is 368 g/mol. The lowest BCUT2D eigenvalue weighted by atomic mass is 10.2. The van der Waals surface area contributed by atoms with Crippen LogP contribution in [0.4, 0.5) is 0 Å². The summed E-state index contributed by atoms with van der Waals surface area (Å²) >= 11 is 0. The molecule has 28 heavy (non-hydrogen) atoms. The van der Waals surface area contributed by atoms with Crippen LogP contribution in [0, 0.1) is 0 Å². The molecule has 2 aromatic rings. The summed E-state index contributed by atoms with van der Waals surface area (Å²) < 4.78 is 17.6. The van der Waals surface area contributed by atoms with Crippen LogP contribution in [-0.4, -0.2) is 40.2 Å². The predicted octanol–water partition coefficient (Wildman–Crippen LogP) is 3.28. The Morgan fingerprint density at radius 2 is 1.54 bits per heavy atom. The number of methoxy groups -OCH3 is 1. The number of hydrogen-bond donors (Lipinski definition) is 0. The normalized spacial score (nSPS) is 20.1. The van der Waals surface area contributed by atoms with Crippen molar-refractivity contribution in [2.45, 2.75) is 50.9 Å². The quantitative estimate of drug-likeness (QED) is 0.553. The topological polar surface area (TPSA) is 44.8 Å². The number of carbonyl (C=O) groups is 1. The van der Waals surface area contributed by atoms with Gasteiger partial charge in [-0.3, -0.25) is 0 Å². The Balaban J connectivity index is 1.92. The van der Waals surface area contributed by atoms with E-state index in [0.29, 0.717) is 13.0 Å². The van der Waals surface area contributed by atoms with Gasteiger partial charge in [-0.15, -0.1) is 0 Å². The molecule has 0 N–H and O–H groups in total. The van der Waals surface area contributed by atoms with Crippen LogP contribution in [0.3, 0.4) is 0 Å². The molecule has 0 saturated carbocycles. The first-order valence-corrected chi connectivity index (χ1v) is 11.8. The smallest absolute Gasteiger partial charge is 0.334 e. The highest BCUT2D eigenvalue weighted by molar-refractivity contribution is 6.99. The highest BCUT2D eigenvalue weighted by Crippen LogP contribution is 2.37. The number of benzene rings is 2. The predicted molar refractivity (Wildman–Crippen MR) is 113 cm³/mol. The van der Waals surface area contributed by atoms with Gasteiger partial charge in [0, 0.05) is 0 Å². The van der Waals surface area contributed by atoms with Crippen molar-refractivity contribution in [3.8, 4) is 0 Å². The molecule has 2 unspecified atom stereocenters. The van der Waals surface area contributed by atoms with Crippen LogP contribution in [0.25, 0.3) is 0 Å². The molecule has 1 fully saturated rings. The molecule has 4 nitrogen and oxygen atoms in total. The van der Waals surface area contributed by atoms with Gasteiger partial charge in [0.2, 0.25) is 0 Å². The number of ether oxygens (including phenoxy) is 2. The summed E-state index contributed by atoms with van der Waals surface area (Å²) in [6, 6.07) is 21.1. The van der Waals surface area contributed by atoms with Crippen molar-refractivity contribution in [1.29, 1.82) is 0 Å². The van der Waals surface area contributed by atoms with Crippen molar-refractivity contribution in [1.82, 2.24) is 0 Å². The highest BCUT2D eigenvalue weighted by atomic mass is 28.4. The average Bonchev–Trinajstić information content (AvgIpc) is 3.17. The van der Waals surface area contributed by atoms with Crippen molar-refractivity contribution >= 4 is 24.7 Å². The summed E-state index contributed by atoms with van der Waals surface area (Å²) in [5.74, 6) is -0.298. The minimum absolute atomic E-state index is 0.0734. The van der Waals surface area contributed by atoms with Crippen molar-refractivity contribution in [3.05, 3.63) is 60.7 Å². The van der Waals surface area contributed by atoms with E-state index in [-0.39, 0.29) is 17.1 Å². The maximum Gasteiger partial charge on any atom is 0.334 e. The molecule has 2 atom stereocenters. The third-order valence-electron chi connectivity index (χ3n) is 5.47. The van der Waals surface area contributed by atoms with Crippen molar-refractivity contribution in [2.75, 3.05) is 13.7 Å². The first kappa shape index (κ1) is 20.8. The van der Waals surface area contributed by atoms with Crippen LogP contribution >= 0.6 is 0 Å². The van der Waals surface area contributed by atoms with E-state index in [4.69, 9.17) is 13.9 Å². The Hall–Kier alpha value is -1.95. The molecule has 1 aliphatic rings. The first-order chi connectivity index (χ1) is 13.4. The van der Waals surface area contributed by atoms with Crippen LogP contribution < -0.4 is 10.4 Å². The summed E-state index contributed by atoms with van der Waals surface area (Å²) in [6.07, 6.45) is 0.919.